The predicted molar refractivity (Wildman–Crippen MR) is 72.3 cm³/mol. The van der Waals surface area contributed by atoms with Gasteiger partial charge in [-0.3, -0.25) is 0 Å². The fraction of sp³-hybridized carbons (Fsp3) is 0. The second-order valence-corrected chi connectivity index (χ2v) is 4.44. The molecule has 0 saturated heterocycles. The normalized spacial score (nSPS) is 10.7. The monoisotopic (exact) mass is 290 g/mol. The smallest absolute Gasteiger partial charge is 0.276 e. The van der Waals surface area contributed by atoms with Crippen molar-refractivity contribution in [2.24, 2.45) is 0 Å². The Hall–Kier alpha value is -2.47. The first kappa shape index (κ1) is 12.6. The minimum Gasteiger partial charge on any atom is -0.397 e. The van der Waals surface area contributed by atoms with Gasteiger partial charge in [0.25, 0.3) is 5.89 Å². The highest BCUT2D eigenvalue weighted by Crippen LogP contribution is 2.25. The second-order valence-electron chi connectivity index (χ2n) is 4.03. The molecular weight excluding hydrogens is 283 g/mol. The SMILES string of the molecule is Nc1ccc(-c2nc(-c3ccc(F)c(Cl)c3)no2)nc1. The Morgan fingerprint density at radius 3 is 2.75 bits per heavy atom. The fourth-order valence-corrected chi connectivity index (χ4v) is 1.79. The number of pyridine rings is 1. The van der Waals surface area contributed by atoms with Crippen LogP contribution in [0.3, 0.4) is 0 Å². The molecule has 3 aromatic rings. The van der Waals surface area contributed by atoms with Crippen molar-refractivity contribution in [3.63, 3.8) is 0 Å². The van der Waals surface area contributed by atoms with Gasteiger partial charge in [0.05, 0.1) is 16.9 Å². The van der Waals surface area contributed by atoms with Crippen LogP contribution in [0.5, 0.6) is 0 Å². The molecular formula is C13H8ClFN4O. The van der Waals surface area contributed by atoms with Crippen molar-refractivity contribution in [3.05, 3.63) is 47.4 Å². The van der Waals surface area contributed by atoms with Crippen LogP contribution >= 0.6 is 11.6 Å². The summed E-state index contributed by atoms with van der Waals surface area (Å²) in [7, 11) is 0. The molecule has 0 radical (unpaired) electrons. The predicted octanol–water partition coefficient (Wildman–Crippen LogP) is 3.17. The Bertz CT molecular complexity index is 757. The third kappa shape index (κ3) is 2.33. The largest absolute Gasteiger partial charge is 0.397 e. The lowest BCUT2D eigenvalue weighted by Gasteiger charge is -1.96. The Labute approximate surface area is 118 Å². The van der Waals surface area contributed by atoms with Crippen LogP contribution in [0.2, 0.25) is 5.02 Å². The lowest BCUT2D eigenvalue weighted by atomic mass is 10.2. The molecule has 0 spiro atoms. The highest BCUT2D eigenvalue weighted by molar-refractivity contribution is 6.31. The Kier molecular flexibility index (Phi) is 3.08. The van der Waals surface area contributed by atoms with Crippen LogP contribution in [0, 0.1) is 5.82 Å². The second kappa shape index (κ2) is 4.90. The number of anilines is 1. The van der Waals surface area contributed by atoms with Gasteiger partial charge in [0, 0.05) is 5.56 Å². The van der Waals surface area contributed by atoms with Gasteiger partial charge in [-0.2, -0.15) is 4.98 Å². The molecule has 0 fully saturated rings. The highest BCUT2D eigenvalue weighted by atomic mass is 35.5. The molecule has 3 rings (SSSR count). The van der Waals surface area contributed by atoms with Crippen LogP contribution in [0.25, 0.3) is 23.0 Å². The fourth-order valence-electron chi connectivity index (χ4n) is 1.61. The molecule has 100 valence electrons. The molecule has 2 N–H and O–H groups in total. The number of nitrogen functional groups attached to an aromatic ring is 1. The minimum absolute atomic E-state index is 0.000500. The molecule has 0 saturated carbocycles. The van der Waals surface area contributed by atoms with Gasteiger partial charge in [-0.15, -0.1) is 0 Å². The lowest BCUT2D eigenvalue weighted by Crippen LogP contribution is -1.88. The van der Waals surface area contributed by atoms with Crippen LogP contribution < -0.4 is 5.73 Å². The summed E-state index contributed by atoms with van der Waals surface area (Å²) in [5.41, 5.74) is 7.16. The van der Waals surface area contributed by atoms with Crippen LogP contribution in [0.1, 0.15) is 0 Å². The van der Waals surface area contributed by atoms with Gasteiger partial charge in [-0.05, 0) is 30.3 Å². The van der Waals surface area contributed by atoms with Gasteiger partial charge in [0.15, 0.2) is 0 Å². The molecule has 2 aromatic heterocycles. The molecule has 0 aliphatic rings. The molecule has 0 aliphatic carbocycles. The quantitative estimate of drug-likeness (QED) is 0.784. The summed E-state index contributed by atoms with van der Waals surface area (Å²) in [6.07, 6.45) is 1.49. The first-order chi connectivity index (χ1) is 9.63. The summed E-state index contributed by atoms with van der Waals surface area (Å²) in [6.45, 7) is 0. The van der Waals surface area contributed by atoms with E-state index in [-0.39, 0.29) is 10.9 Å². The molecule has 20 heavy (non-hydrogen) atoms. The molecule has 0 atom stereocenters. The first-order valence-electron chi connectivity index (χ1n) is 5.64. The van der Waals surface area contributed by atoms with E-state index in [1.807, 2.05) is 0 Å². The zero-order chi connectivity index (χ0) is 14.1. The summed E-state index contributed by atoms with van der Waals surface area (Å²) in [5, 5.41) is 3.82. The third-order valence-corrected chi connectivity index (χ3v) is 2.90. The van der Waals surface area contributed by atoms with Gasteiger partial charge < -0.3 is 10.3 Å². The number of hydrogen-bond acceptors (Lipinski definition) is 5. The number of halogens is 2. The zero-order valence-corrected chi connectivity index (χ0v) is 10.8. The van der Waals surface area contributed by atoms with Crippen molar-refractivity contribution in [2.75, 3.05) is 5.73 Å². The topological polar surface area (TPSA) is 77.8 Å². The van der Waals surface area contributed by atoms with Gasteiger partial charge in [0.2, 0.25) is 5.82 Å². The molecule has 7 heteroatoms. The minimum atomic E-state index is -0.501. The summed E-state index contributed by atoms with van der Waals surface area (Å²) in [5.74, 6) is 0.0558. The number of aromatic nitrogens is 3. The summed E-state index contributed by atoms with van der Waals surface area (Å²) >= 11 is 5.72. The molecule has 5 nitrogen and oxygen atoms in total. The zero-order valence-electron chi connectivity index (χ0n) is 10.0. The molecule has 0 bridgehead atoms. The number of nitrogens with two attached hydrogens (primary N) is 1. The van der Waals surface area contributed by atoms with Crippen molar-refractivity contribution < 1.29 is 8.91 Å². The van der Waals surface area contributed by atoms with Gasteiger partial charge in [-0.25, -0.2) is 9.37 Å². The van der Waals surface area contributed by atoms with Crippen LogP contribution in [-0.2, 0) is 0 Å². The van der Waals surface area contributed by atoms with E-state index in [0.717, 1.165) is 0 Å². The van der Waals surface area contributed by atoms with Crippen molar-refractivity contribution >= 4 is 17.3 Å². The van der Waals surface area contributed by atoms with Crippen molar-refractivity contribution in [1.82, 2.24) is 15.1 Å². The van der Waals surface area contributed by atoms with E-state index in [1.165, 1.54) is 24.4 Å². The average Bonchev–Trinajstić information content (AvgIpc) is 2.92. The van der Waals surface area contributed by atoms with Crippen LogP contribution in [-0.4, -0.2) is 15.1 Å². The summed E-state index contributed by atoms with van der Waals surface area (Å²) < 4.78 is 18.2. The third-order valence-electron chi connectivity index (χ3n) is 2.61. The maximum atomic E-state index is 13.1. The Balaban J connectivity index is 1.97. The van der Waals surface area contributed by atoms with E-state index in [9.17, 15) is 4.39 Å². The molecule has 2 heterocycles. The van der Waals surface area contributed by atoms with E-state index in [4.69, 9.17) is 21.9 Å². The van der Waals surface area contributed by atoms with Gasteiger partial charge in [0.1, 0.15) is 11.5 Å². The molecule has 0 amide bonds. The van der Waals surface area contributed by atoms with E-state index in [1.54, 1.807) is 12.1 Å². The van der Waals surface area contributed by atoms with Gasteiger partial charge in [-0.1, -0.05) is 16.8 Å². The molecule has 1 aromatic carbocycles. The van der Waals surface area contributed by atoms with Crippen molar-refractivity contribution in [3.8, 4) is 23.0 Å². The van der Waals surface area contributed by atoms with Gasteiger partial charge >= 0.3 is 0 Å². The van der Waals surface area contributed by atoms with E-state index < -0.39 is 5.82 Å². The van der Waals surface area contributed by atoms with E-state index in [0.29, 0.717) is 22.8 Å². The molecule has 0 aliphatic heterocycles. The Morgan fingerprint density at radius 1 is 1.20 bits per heavy atom. The maximum Gasteiger partial charge on any atom is 0.276 e. The summed E-state index contributed by atoms with van der Waals surface area (Å²) in [4.78, 5) is 8.27. The Morgan fingerprint density at radius 2 is 2.05 bits per heavy atom. The van der Waals surface area contributed by atoms with Crippen LogP contribution in [0.4, 0.5) is 10.1 Å². The van der Waals surface area contributed by atoms with Crippen molar-refractivity contribution in [2.45, 2.75) is 0 Å². The average molecular weight is 291 g/mol. The standard InChI is InChI=1S/C13H8ClFN4O/c14-9-5-7(1-3-10(9)15)12-18-13(20-19-12)11-4-2-8(16)6-17-11/h1-6H,16H2. The highest BCUT2D eigenvalue weighted by Gasteiger charge is 2.12. The lowest BCUT2D eigenvalue weighted by molar-refractivity contribution is 0.431. The number of hydrogen-bond donors (Lipinski definition) is 1. The van der Waals surface area contributed by atoms with E-state index >= 15 is 0 Å². The van der Waals surface area contributed by atoms with Crippen LogP contribution in [0.15, 0.2) is 41.1 Å². The molecule has 0 unspecified atom stereocenters. The van der Waals surface area contributed by atoms with E-state index in [2.05, 4.69) is 15.1 Å². The summed E-state index contributed by atoms with van der Waals surface area (Å²) in [6, 6.07) is 7.55. The number of nitrogens with zero attached hydrogens (tertiary/aromatic N) is 3. The maximum absolute atomic E-state index is 13.1. The number of benzene rings is 1. The van der Waals surface area contributed by atoms with Crippen molar-refractivity contribution in [1.29, 1.82) is 0 Å². The number of rotatable bonds is 2. The first-order valence-corrected chi connectivity index (χ1v) is 6.02.